The fraction of sp³-hybridized carbons (Fsp3) is 0.412. The van der Waals surface area contributed by atoms with Gasteiger partial charge in [0, 0.05) is 5.92 Å². The van der Waals surface area contributed by atoms with Crippen molar-refractivity contribution >= 4 is 29.1 Å². The highest BCUT2D eigenvalue weighted by Crippen LogP contribution is 2.26. The average molecular weight is 392 g/mol. The standard InChI is InChI=1S/C17H20N4O7/c1-8(13-12(9(2)22)16(24)19-13)15(23)14(20-18)17(25)28-7-10-3-5-11(6-4-10)21(26)27/h3-6,8-9,12-13,22,26-27H,7H2,1-2H3,(H,19,24)/t8-,9?,12?,13?/m1/s1. The molecule has 1 aromatic rings. The molecule has 0 spiro atoms. The molecule has 1 aromatic carbocycles. The molecule has 4 atom stereocenters. The van der Waals surface area contributed by atoms with Gasteiger partial charge in [-0.15, -0.1) is 5.23 Å². The highest BCUT2D eigenvalue weighted by Gasteiger charge is 2.50. The minimum atomic E-state index is -1.16. The summed E-state index contributed by atoms with van der Waals surface area (Å²) < 4.78 is 4.95. The van der Waals surface area contributed by atoms with Crippen LogP contribution in [0.3, 0.4) is 0 Å². The molecule has 0 aliphatic carbocycles. The van der Waals surface area contributed by atoms with Gasteiger partial charge in [0.2, 0.25) is 5.91 Å². The second-order valence-electron chi connectivity index (χ2n) is 6.43. The van der Waals surface area contributed by atoms with E-state index in [4.69, 9.17) is 20.7 Å². The van der Waals surface area contributed by atoms with Crippen LogP contribution in [0.15, 0.2) is 24.3 Å². The molecule has 1 heterocycles. The molecule has 0 aromatic heterocycles. The molecular weight excluding hydrogens is 372 g/mol. The Bertz CT molecular complexity index is 815. The molecule has 1 saturated heterocycles. The van der Waals surface area contributed by atoms with Crippen LogP contribution in [0.5, 0.6) is 0 Å². The van der Waals surface area contributed by atoms with Crippen LogP contribution >= 0.6 is 0 Å². The van der Waals surface area contributed by atoms with Crippen LogP contribution in [0.2, 0.25) is 0 Å². The molecule has 150 valence electrons. The van der Waals surface area contributed by atoms with Gasteiger partial charge in [-0.05, 0) is 24.6 Å². The Morgan fingerprint density at radius 3 is 2.36 bits per heavy atom. The minimum Gasteiger partial charge on any atom is -0.452 e. The summed E-state index contributed by atoms with van der Waals surface area (Å²) in [6.07, 6.45) is -0.979. The van der Waals surface area contributed by atoms with Crippen LogP contribution in [-0.4, -0.2) is 55.8 Å². The van der Waals surface area contributed by atoms with Gasteiger partial charge in [-0.1, -0.05) is 19.1 Å². The Labute approximate surface area is 159 Å². The molecule has 1 aliphatic rings. The molecule has 2 rings (SSSR count). The summed E-state index contributed by atoms with van der Waals surface area (Å²) >= 11 is 0. The van der Waals surface area contributed by atoms with Gasteiger partial charge in [-0.2, -0.15) is 4.79 Å². The van der Waals surface area contributed by atoms with E-state index < -0.39 is 47.4 Å². The second kappa shape index (κ2) is 8.72. The largest absolute Gasteiger partial charge is 0.452 e. The number of carbonyl (C=O) groups excluding carboxylic acids is 3. The number of Topliss-reactive ketones (excluding diaryl/α,β-unsaturated/α-hetero) is 1. The number of rotatable bonds is 8. The van der Waals surface area contributed by atoms with E-state index in [1.54, 1.807) is 0 Å². The maximum Gasteiger partial charge on any atom is 0.441 e. The normalized spacial score (nSPS) is 20.1. The molecule has 0 saturated carbocycles. The molecule has 0 radical (unpaired) electrons. The van der Waals surface area contributed by atoms with E-state index in [1.807, 2.05) is 0 Å². The summed E-state index contributed by atoms with van der Waals surface area (Å²) in [5.41, 5.74) is 8.82. The van der Waals surface area contributed by atoms with Gasteiger partial charge in [0.15, 0.2) is 0 Å². The third kappa shape index (κ3) is 4.41. The Morgan fingerprint density at radius 2 is 1.89 bits per heavy atom. The first-order valence-corrected chi connectivity index (χ1v) is 8.36. The smallest absolute Gasteiger partial charge is 0.441 e. The molecule has 0 bridgehead atoms. The number of hydrogen-bond donors (Lipinski definition) is 4. The van der Waals surface area contributed by atoms with Crippen LogP contribution < -0.4 is 10.5 Å². The number of benzene rings is 1. The van der Waals surface area contributed by atoms with Gasteiger partial charge in [0.1, 0.15) is 6.61 Å². The molecule has 11 heteroatoms. The number of amides is 1. The molecule has 4 N–H and O–H groups in total. The first-order chi connectivity index (χ1) is 13.2. The van der Waals surface area contributed by atoms with Crippen molar-refractivity contribution in [2.45, 2.75) is 32.6 Å². The predicted molar refractivity (Wildman–Crippen MR) is 92.2 cm³/mol. The van der Waals surface area contributed by atoms with E-state index in [9.17, 15) is 19.5 Å². The summed E-state index contributed by atoms with van der Waals surface area (Å²) in [7, 11) is 0. The SMILES string of the molecule is CC(O)C1C(=O)NC1[C@@H](C)C(=O)C(=[N+]=[N-])C(=O)OCc1ccc(N(O)O)cc1. The fourth-order valence-corrected chi connectivity index (χ4v) is 2.88. The maximum atomic E-state index is 12.5. The van der Waals surface area contributed by atoms with Gasteiger partial charge in [0.25, 0.3) is 5.78 Å². The van der Waals surface area contributed by atoms with Crippen LogP contribution in [0.4, 0.5) is 5.69 Å². The number of nitrogens with zero attached hydrogens (tertiary/aromatic N) is 3. The minimum absolute atomic E-state index is 0.0773. The summed E-state index contributed by atoms with van der Waals surface area (Å²) in [4.78, 5) is 38.8. The van der Waals surface area contributed by atoms with Gasteiger partial charge in [0.05, 0.1) is 23.8 Å². The first kappa shape index (κ1) is 21.2. The molecule has 1 aliphatic heterocycles. The lowest BCUT2D eigenvalue weighted by Gasteiger charge is -2.40. The van der Waals surface area contributed by atoms with Gasteiger partial charge >= 0.3 is 11.7 Å². The Balaban J connectivity index is 2.00. The van der Waals surface area contributed by atoms with Crippen LogP contribution in [0, 0.1) is 11.8 Å². The monoisotopic (exact) mass is 392 g/mol. The van der Waals surface area contributed by atoms with Crippen LogP contribution in [0.25, 0.3) is 5.53 Å². The summed E-state index contributed by atoms with van der Waals surface area (Å²) in [5.74, 6) is -4.12. The zero-order chi connectivity index (χ0) is 21.0. The predicted octanol–water partition coefficient (Wildman–Crippen LogP) is -0.314. The zero-order valence-corrected chi connectivity index (χ0v) is 15.1. The van der Waals surface area contributed by atoms with Crippen molar-refractivity contribution in [1.29, 1.82) is 0 Å². The second-order valence-corrected chi connectivity index (χ2v) is 6.43. The van der Waals surface area contributed by atoms with E-state index in [1.165, 1.54) is 38.1 Å². The van der Waals surface area contributed by atoms with Crippen molar-refractivity contribution in [3.8, 4) is 0 Å². The lowest BCUT2D eigenvalue weighted by atomic mass is 9.76. The van der Waals surface area contributed by atoms with Gasteiger partial charge < -0.3 is 20.7 Å². The lowest BCUT2D eigenvalue weighted by molar-refractivity contribution is -0.146. The van der Waals surface area contributed by atoms with Crippen molar-refractivity contribution in [3.05, 3.63) is 35.4 Å². The van der Waals surface area contributed by atoms with Crippen molar-refractivity contribution in [2.24, 2.45) is 11.8 Å². The zero-order valence-electron chi connectivity index (χ0n) is 15.1. The number of β-lactam (4-membered cyclic amide) rings is 1. The van der Waals surface area contributed by atoms with Crippen molar-refractivity contribution in [2.75, 3.05) is 5.23 Å². The van der Waals surface area contributed by atoms with Crippen molar-refractivity contribution in [1.82, 2.24) is 5.32 Å². The Hall–Kier alpha value is -3.11. The quantitative estimate of drug-likeness (QED) is 0.0886. The number of hydrogen-bond acceptors (Lipinski definition) is 8. The molecule has 3 unspecified atom stereocenters. The topological polar surface area (TPSA) is 173 Å². The number of anilines is 1. The maximum absolute atomic E-state index is 12.5. The van der Waals surface area contributed by atoms with Crippen LogP contribution in [-0.2, 0) is 25.7 Å². The number of aliphatic hydroxyl groups is 1. The van der Waals surface area contributed by atoms with E-state index in [0.29, 0.717) is 5.56 Å². The molecule has 11 nitrogen and oxygen atoms in total. The van der Waals surface area contributed by atoms with E-state index >= 15 is 0 Å². The summed E-state index contributed by atoms with van der Waals surface area (Å²) in [5, 5.41) is 29.8. The molecule has 1 amide bonds. The van der Waals surface area contributed by atoms with E-state index in [-0.39, 0.29) is 17.5 Å². The number of ether oxygens (including phenoxy) is 1. The number of aliphatic hydroxyl groups excluding tert-OH is 1. The van der Waals surface area contributed by atoms with Crippen molar-refractivity contribution in [3.63, 3.8) is 0 Å². The fourth-order valence-electron chi connectivity index (χ4n) is 2.88. The average Bonchev–Trinajstić information content (AvgIpc) is 2.63. The van der Waals surface area contributed by atoms with Crippen molar-refractivity contribution < 1.29 is 39.4 Å². The van der Waals surface area contributed by atoms with Gasteiger partial charge in [-0.3, -0.25) is 20.0 Å². The van der Waals surface area contributed by atoms with E-state index in [2.05, 4.69) is 10.1 Å². The third-order valence-corrected chi connectivity index (χ3v) is 4.53. The van der Waals surface area contributed by atoms with Gasteiger partial charge in [-0.25, -0.2) is 4.79 Å². The Kier molecular flexibility index (Phi) is 6.60. The number of nitrogens with one attached hydrogen (secondary N) is 1. The third-order valence-electron chi connectivity index (χ3n) is 4.53. The first-order valence-electron chi connectivity index (χ1n) is 8.36. The molecular formula is C17H20N4O7. The number of ketones is 1. The highest BCUT2D eigenvalue weighted by atomic mass is 16.8. The Morgan fingerprint density at radius 1 is 1.29 bits per heavy atom. The molecule has 1 fully saturated rings. The van der Waals surface area contributed by atoms with E-state index in [0.717, 1.165) is 0 Å². The summed E-state index contributed by atoms with van der Waals surface area (Å²) in [6, 6.07) is 4.93. The lowest BCUT2D eigenvalue weighted by Crippen LogP contribution is -2.66. The number of esters is 1. The molecule has 28 heavy (non-hydrogen) atoms. The summed E-state index contributed by atoms with van der Waals surface area (Å²) in [6.45, 7) is 2.60. The van der Waals surface area contributed by atoms with Crippen LogP contribution in [0.1, 0.15) is 19.4 Å². The number of carbonyl (C=O) groups is 3. The highest BCUT2D eigenvalue weighted by molar-refractivity contribution is 6.62.